The van der Waals surface area contributed by atoms with Gasteiger partial charge in [-0.3, -0.25) is 4.79 Å². The molecular weight excluding hydrogens is 510 g/mol. The number of carbonyl (C=O) groups is 2. The van der Waals surface area contributed by atoms with Crippen molar-refractivity contribution in [1.82, 2.24) is 5.32 Å². The lowest BCUT2D eigenvalue weighted by Gasteiger charge is -2.36. The van der Waals surface area contributed by atoms with Crippen LogP contribution in [0.25, 0.3) is 0 Å². The minimum atomic E-state index is -0.483. The predicted octanol–water partition coefficient (Wildman–Crippen LogP) is 5.40. The first-order valence-electron chi connectivity index (χ1n) is 11.8. The molecule has 0 unspecified atom stereocenters. The molecule has 2 aromatic rings. The quantitative estimate of drug-likeness (QED) is 0.357. The number of halogens is 1. The first kappa shape index (κ1) is 25.2. The highest BCUT2D eigenvalue weighted by Gasteiger charge is 2.41. The van der Waals surface area contributed by atoms with Gasteiger partial charge in [-0.15, -0.1) is 0 Å². The van der Waals surface area contributed by atoms with Crippen LogP contribution in [0.5, 0.6) is 5.75 Å². The molecule has 0 radical (unpaired) electrons. The van der Waals surface area contributed by atoms with Crippen LogP contribution >= 0.6 is 15.9 Å². The van der Waals surface area contributed by atoms with E-state index in [1.165, 1.54) is 0 Å². The number of ether oxygens (including phenoxy) is 3. The highest BCUT2D eigenvalue weighted by molar-refractivity contribution is 9.10. The molecule has 1 N–H and O–H groups in total. The van der Waals surface area contributed by atoms with Crippen LogP contribution in [0.1, 0.15) is 49.7 Å². The van der Waals surface area contributed by atoms with Gasteiger partial charge in [-0.2, -0.15) is 0 Å². The molecule has 0 amide bonds. The summed E-state index contributed by atoms with van der Waals surface area (Å²) in [5.74, 6) is -0.0343. The molecule has 2 atom stereocenters. The molecule has 184 valence electrons. The summed E-state index contributed by atoms with van der Waals surface area (Å²) in [5.41, 5.74) is 4.68. The molecule has 0 saturated carbocycles. The number of hydrogen-bond donors (Lipinski definition) is 1. The topological polar surface area (TPSA) is 73.9 Å². The number of rotatable bonds is 8. The maximum Gasteiger partial charge on any atom is 0.336 e. The largest absolute Gasteiger partial charge is 0.497 e. The Morgan fingerprint density at radius 2 is 1.71 bits per heavy atom. The molecule has 4 rings (SSSR count). The Morgan fingerprint density at radius 1 is 1.03 bits per heavy atom. The van der Waals surface area contributed by atoms with Gasteiger partial charge in [0.25, 0.3) is 0 Å². The van der Waals surface area contributed by atoms with Crippen LogP contribution in [0.15, 0.2) is 75.5 Å². The van der Waals surface area contributed by atoms with E-state index in [0.29, 0.717) is 42.9 Å². The normalized spacial score (nSPS) is 19.8. The lowest BCUT2D eigenvalue weighted by molar-refractivity contribution is -0.140. The van der Waals surface area contributed by atoms with E-state index in [1.54, 1.807) is 7.11 Å². The Kier molecular flexibility index (Phi) is 8.08. The summed E-state index contributed by atoms with van der Waals surface area (Å²) in [6.07, 6.45) is 1.07. The number of nitrogens with one attached hydrogen (secondary N) is 1. The smallest absolute Gasteiger partial charge is 0.336 e. The molecule has 7 heteroatoms. The Labute approximate surface area is 214 Å². The van der Waals surface area contributed by atoms with Crippen LogP contribution in [0.3, 0.4) is 0 Å². The van der Waals surface area contributed by atoms with Crippen molar-refractivity contribution in [3.05, 3.63) is 86.7 Å². The van der Waals surface area contributed by atoms with Gasteiger partial charge < -0.3 is 19.5 Å². The van der Waals surface area contributed by atoms with Crippen LogP contribution in [0, 0.1) is 0 Å². The monoisotopic (exact) mass is 539 g/mol. The Bertz CT molecular complexity index is 1150. The zero-order chi connectivity index (χ0) is 24.9. The number of dihydropyridines is 1. The van der Waals surface area contributed by atoms with Crippen molar-refractivity contribution in [1.29, 1.82) is 0 Å². The van der Waals surface area contributed by atoms with Gasteiger partial charge in [0.1, 0.15) is 12.4 Å². The lowest BCUT2D eigenvalue weighted by Crippen LogP contribution is -2.36. The Balaban J connectivity index is 1.69. The fraction of sp³-hybridized carbons (Fsp3) is 0.357. The number of esters is 1. The van der Waals surface area contributed by atoms with Gasteiger partial charge in [0, 0.05) is 40.4 Å². The Hall–Kier alpha value is -2.90. The molecule has 0 fully saturated rings. The van der Waals surface area contributed by atoms with Crippen LogP contribution in [-0.2, 0) is 19.1 Å². The van der Waals surface area contributed by atoms with Crippen molar-refractivity contribution < 1.29 is 23.8 Å². The summed E-state index contributed by atoms with van der Waals surface area (Å²) in [7, 11) is 1.64. The molecule has 1 aliphatic carbocycles. The number of carbonyl (C=O) groups excluding carboxylic acids is 2. The summed E-state index contributed by atoms with van der Waals surface area (Å²) in [6, 6.07) is 15.6. The summed E-state index contributed by atoms with van der Waals surface area (Å²) in [4.78, 5) is 26.9. The second-order valence-electron chi connectivity index (χ2n) is 8.67. The van der Waals surface area contributed by atoms with E-state index in [4.69, 9.17) is 14.2 Å². The van der Waals surface area contributed by atoms with Crippen molar-refractivity contribution in [3.63, 3.8) is 0 Å². The average molecular weight is 540 g/mol. The molecule has 1 aliphatic heterocycles. The van der Waals surface area contributed by atoms with Gasteiger partial charge in [-0.25, -0.2) is 4.79 Å². The van der Waals surface area contributed by atoms with Gasteiger partial charge in [0.05, 0.1) is 19.3 Å². The SMILES string of the molecule is CCOCCOC(=O)C1=C(C)NC2=C(C(=O)C[C@H](c3ccc(OC)cc3)C2)[C@@H]1c1ccc(Br)cc1. The van der Waals surface area contributed by atoms with Crippen molar-refractivity contribution in [2.24, 2.45) is 0 Å². The molecule has 2 aromatic carbocycles. The second kappa shape index (κ2) is 11.2. The third kappa shape index (κ3) is 5.52. The van der Waals surface area contributed by atoms with E-state index >= 15 is 0 Å². The van der Waals surface area contributed by atoms with Crippen molar-refractivity contribution in [2.75, 3.05) is 26.9 Å². The van der Waals surface area contributed by atoms with Gasteiger partial charge in [0.15, 0.2) is 5.78 Å². The third-order valence-electron chi connectivity index (χ3n) is 6.50. The standard InChI is InChI=1S/C28H30BrNO5/c1-4-34-13-14-35-28(32)25-17(2)30-23-15-20(18-7-11-22(33-3)12-8-18)16-24(31)27(23)26(25)19-5-9-21(29)10-6-19/h5-12,20,26,30H,4,13-16H2,1-3H3/t20-,26-/m1/s1. The zero-order valence-electron chi connectivity index (χ0n) is 20.2. The maximum absolute atomic E-state index is 13.6. The average Bonchev–Trinajstić information content (AvgIpc) is 2.86. The van der Waals surface area contributed by atoms with Gasteiger partial charge in [-0.05, 0) is 61.6 Å². The predicted molar refractivity (Wildman–Crippen MR) is 137 cm³/mol. The molecule has 6 nitrogen and oxygen atoms in total. The van der Waals surface area contributed by atoms with E-state index in [-0.39, 0.29) is 18.3 Å². The zero-order valence-corrected chi connectivity index (χ0v) is 21.8. The molecular formula is C28H30BrNO5. The molecule has 0 spiro atoms. The fourth-order valence-corrected chi connectivity index (χ4v) is 5.09. The maximum atomic E-state index is 13.6. The Morgan fingerprint density at radius 3 is 2.37 bits per heavy atom. The van der Waals surface area contributed by atoms with Crippen LogP contribution in [0.4, 0.5) is 0 Å². The van der Waals surface area contributed by atoms with Crippen molar-refractivity contribution in [2.45, 2.75) is 38.5 Å². The van der Waals surface area contributed by atoms with E-state index < -0.39 is 11.9 Å². The molecule has 0 bridgehead atoms. The van der Waals surface area contributed by atoms with Gasteiger partial charge >= 0.3 is 5.97 Å². The minimum Gasteiger partial charge on any atom is -0.497 e. The lowest BCUT2D eigenvalue weighted by atomic mass is 9.72. The summed E-state index contributed by atoms with van der Waals surface area (Å²) >= 11 is 3.48. The van der Waals surface area contributed by atoms with E-state index in [9.17, 15) is 9.59 Å². The van der Waals surface area contributed by atoms with Crippen molar-refractivity contribution in [3.8, 4) is 5.75 Å². The minimum absolute atomic E-state index is 0.0413. The number of ketones is 1. The summed E-state index contributed by atoms with van der Waals surface area (Å²) in [5, 5.41) is 3.39. The number of Topliss-reactive ketones (excluding diaryl/α,β-unsaturated/α-hetero) is 1. The van der Waals surface area contributed by atoms with E-state index in [1.807, 2.05) is 62.4 Å². The molecule has 1 heterocycles. The summed E-state index contributed by atoms with van der Waals surface area (Å²) < 4.78 is 17.1. The molecule has 0 aromatic heterocycles. The fourth-order valence-electron chi connectivity index (χ4n) is 4.83. The van der Waals surface area contributed by atoms with Gasteiger partial charge in [-0.1, -0.05) is 40.2 Å². The molecule has 35 heavy (non-hydrogen) atoms. The molecule has 2 aliphatic rings. The highest BCUT2D eigenvalue weighted by atomic mass is 79.9. The number of methoxy groups -OCH3 is 1. The van der Waals surface area contributed by atoms with E-state index in [2.05, 4.69) is 21.2 Å². The van der Waals surface area contributed by atoms with Crippen molar-refractivity contribution >= 4 is 27.7 Å². The highest BCUT2D eigenvalue weighted by Crippen LogP contribution is 2.46. The third-order valence-corrected chi connectivity index (χ3v) is 7.03. The number of allylic oxidation sites excluding steroid dienone is 3. The molecule has 0 saturated heterocycles. The van der Waals surface area contributed by atoms with Crippen LogP contribution in [0.2, 0.25) is 0 Å². The number of benzene rings is 2. The second-order valence-corrected chi connectivity index (χ2v) is 9.59. The first-order valence-corrected chi connectivity index (χ1v) is 12.6. The first-order chi connectivity index (χ1) is 16.9. The number of hydrogen-bond acceptors (Lipinski definition) is 6. The summed E-state index contributed by atoms with van der Waals surface area (Å²) in [6.45, 7) is 4.82. The van der Waals surface area contributed by atoms with Crippen LogP contribution in [-0.4, -0.2) is 38.7 Å². The van der Waals surface area contributed by atoms with Crippen LogP contribution < -0.4 is 10.1 Å². The van der Waals surface area contributed by atoms with E-state index in [0.717, 1.165) is 27.0 Å². The van der Waals surface area contributed by atoms with Gasteiger partial charge in [0.2, 0.25) is 0 Å².